The fourth-order valence-electron chi connectivity index (χ4n) is 3.69. The molecule has 0 bridgehead atoms. The van der Waals surface area contributed by atoms with Crippen molar-refractivity contribution in [3.8, 4) is 0 Å². The van der Waals surface area contributed by atoms with Gasteiger partial charge in [0.2, 0.25) is 0 Å². The summed E-state index contributed by atoms with van der Waals surface area (Å²) >= 11 is 0. The number of aryl methyl sites for hydroxylation is 1. The average Bonchev–Trinajstić information content (AvgIpc) is 3.03. The summed E-state index contributed by atoms with van der Waals surface area (Å²) in [7, 11) is 0. The van der Waals surface area contributed by atoms with Crippen molar-refractivity contribution < 1.29 is 4.79 Å². The van der Waals surface area contributed by atoms with Gasteiger partial charge in [-0.15, -0.1) is 12.4 Å². The first-order valence-electron chi connectivity index (χ1n) is 9.08. The van der Waals surface area contributed by atoms with Crippen LogP contribution in [-0.2, 0) is 6.54 Å². The number of hydrogen-bond acceptors (Lipinski definition) is 3. The van der Waals surface area contributed by atoms with Gasteiger partial charge >= 0.3 is 6.03 Å². The Kier molecular flexibility index (Phi) is 5.96. The van der Waals surface area contributed by atoms with E-state index in [2.05, 4.69) is 19.9 Å². The maximum Gasteiger partial charge on any atom is 0.317 e. The highest BCUT2D eigenvalue weighted by atomic mass is 35.5. The van der Waals surface area contributed by atoms with Crippen LogP contribution in [0.2, 0.25) is 0 Å². The molecule has 2 amide bonds. The Morgan fingerprint density at radius 3 is 2.63 bits per heavy atom. The molecule has 1 aliphatic rings. The standard InChI is InChI=1S/C20H23N5O.ClH/c1-15-23-18-8-5-11-21-19(18)25(15)17-9-12-24(13-10-17)20(26)22-14-16-6-3-2-4-7-16;/h2-8,11,17H,9-10,12-14H2,1H3,(H,22,26);1H. The Morgan fingerprint density at radius 2 is 1.89 bits per heavy atom. The molecule has 1 aliphatic heterocycles. The Balaban J connectivity index is 0.00000210. The van der Waals surface area contributed by atoms with Crippen molar-refractivity contribution in [2.45, 2.75) is 32.4 Å². The quantitative estimate of drug-likeness (QED) is 0.747. The molecule has 1 N–H and O–H groups in total. The monoisotopic (exact) mass is 385 g/mol. The van der Waals surface area contributed by atoms with Gasteiger partial charge in [-0.3, -0.25) is 0 Å². The van der Waals surface area contributed by atoms with Gasteiger partial charge < -0.3 is 14.8 Å². The molecular weight excluding hydrogens is 362 g/mol. The zero-order valence-corrected chi connectivity index (χ0v) is 16.2. The summed E-state index contributed by atoms with van der Waals surface area (Å²) in [6, 6.07) is 14.3. The maximum atomic E-state index is 12.4. The van der Waals surface area contributed by atoms with E-state index >= 15 is 0 Å². The van der Waals surface area contributed by atoms with Gasteiger partial charge in [0, 0.05) is 31.9 Å². The van der Waals surface area contributed by atoms with Gasteiger partial charge in [-0.2, -0.15) is 0 Å². The molecule has 0 unspecified atom stereocenters. The zero-order valence-electron chi connectivity index (χ0n) is 15.3. The summed E-state index contributed by atoms with van der Waals surface area (Å²) in [6.07, 6.45) is 3.65. The number of imidazole rings is 1. The van der Waals surface area contributed by atoms with E-state index in [9.17, 15) is 4.79 Å². The number of hydrogen-bond donors (Lipinski definition) is 1. The number of rotatable bonds is 3. The molecule has 0 aliphatic carbocycles. The number of likely N-dealkylation sites (tertiary alicyclic amines) is 1. The topological polar surface area (TPSA) is 63.1 Å². The molecule has 7 heteroatoms. The first-order valence-corrected chi connectivity index (χ1v) is 9.08. The van der Waals surface area contributed by atoms with Crippen LogP contribution >= 0.6 is 12.4 Å². The lowest BCUT2D eigenvalue weighted by atomic mass is 10.0. The third kappa shape index (κ3) is 4.06. The number of pyridine rings is 1. The molecule has 142 valence electrons. The highest BCUT2D eigenvalue weighted by Gasteiger charge is 2.26. The molecule has 4 rings (SSSR count). The molecule has 0 spiro atoms. The highest BCUT2D eigenvalue weighted by molar-refractivity contribution is 5.85. The molecular formula is C20H24ClN5O. The molecule has 1 aromatic carbocycles. The number of aromatic nitrogens is 3. The van der Waals surface area contributed by atoms with Gasteiger partial charge in [-0.25, -0.2) is 14.8 Å². The minimum absolute atomic E-state index is 0. The third-order valence-electron chi connectivity index (χ3n) is 5.03. The number of nitrogens with one attached hydrogen (secondary N) is 1. The van der Waals surface area contributed by atoms with Gasteiger partial charge in [0.05, 0.1) is 0 Å². The molecule has 1 fully saturated rings. The molecule has 0 saturated carbocycles. The summed E-state index contributed by atoms with van der Waals surface area (Å²) in [6.45, 7) is 4.09. The molecule has 0 radical (unpaired) electrons. The number of benzene rings is 1. The second-order valence-corrected chi connectivity index (χ2v) is 6.74. The number of fused-ring (bicyclic) bond motifs is 1. The van der Waals surface area contributed by atoms with Crippen molar-refractivity contribution in [3.05, 3.63) is 60.0 Å². The maximum absolute atomic E-state index is 12.4. The van der Waals surface area contributed by atoms with Gasteiger partial charge in [0.1, 0.15) is 11.3 Å². The largest absolute Gasteiger partial charge is 0.334 e. The van der Waals surface area contributed by atoms with Crippen molar-refractivity contribution in [1.82, 2.24) is 24.8 Å². The Bertz CT molecular complexity index is 903. The van der Waals surface area contributed by atoms with Crippen LogP contribution in [0.25, 0.3) is 11.2 Å². The van der Waals surface area contributed by atoms with Crippen LogP contribution in [0.15, 0.2) is 48.7 Å². The van der Waals surface area contributed by atoms with E-state index in [4.69, 9.17) is 0 Å². The summed E-state index contributed by atoms with van der Waals surface area (Å²) in [4.78, 5) is 23.4. The first-order chi connectivity index (χ1) is 12.7. The van der Waals surface area contributed by atoms with E-state index in [-0.39, 0.29) is 18.4 Å². The van der Waals surface area contributed by atoms with Crippen LogP contribution in [0, 0.1) is 6.92 Å². The van der Waals surface area contributed by atoms with Crippen molar-refractivity contribution in [1.29, 1.82) is 0 Å². The summed E-state index contributed by atoms with van der Waals surface area (Å²) < 4.78 is 2.23. The highest BCUT2D eigenvalue weighted by Crippen LogP contribution is 2.27. The SMILES string of the molecule is Cc1nc2cccnc2n1C1CCN(C(=O)NCc2ccccc2)CC1.Cl. The number of amides is 2. The summed E-state index contributed by atoms with van der Waals surface area (Å²) in [5, 5.41) is 3.01. The number of carbonyl (C=O) groups is 1. The minimum Gasteiger partial charge on any atom is -0.334 e. The van der Waals surface area contributed by atoms with Crippen LogP contribution in [0.5, 0.6) is 0 Å². The summed E-state index contributed by atoms with van der Waals surface area (Å²) in [5.74, 6) is 0.991. The molecule has 27 heavy (non-hydrogen) atoms. The van der Waals surface area contributed by atoms with Crippen molar-refractivity contribution in [2.24, 2.45) is 0 Å². The lowest BCUT2D eigenvalue weighted by Crippen LogP contribution is -2.44. The van der Waals surface area contributed by atoms with Crippen LogP contribution in [0.1, 0.15) is 30.3 Å². The number of piperidine rings is 1. The van der Waals surface area contributed by atoms with Crippen molar-refractivity contribution in [3.63, 3.8) is 0 Å². The predicted molar refractivity (Wildman–Crippen MR) is 108 cm³/mol. The molecule has 1 saturated heterocycles. The van der Waals surface area contributed by atoms with Crippen LogP contribution in [0.4, 0.5) is 4.79 Å². The van der Waals surface area contributed by atoms with E-state index in [0.717, 1.165) is 48.5 Å². The predicted octanol–water partition coefficient (Wildman–Crippen LogP) is 3.71. The fourth-order valence-corrected chi connectivity index (χ4v) is 3.69. The van der Waals surface area contributed by atoms with Crippen molar-refractivity contribution >= 4 is 29.6 Å². The number of carbonyl (C=O) groups excluding carboxylic acids is 1. The van der Waals surface area contributed by atoms with Crippen LogP contribution in [-0.4, -0.2) is 38.6 Å². The van der Waals surface area contributed by atoms with E-state index in [0.29, 0.717) is 12.6 Å². The van der Waals surface area contributed by atoms with Crippen LogP contribution < -0.4 is 5.32 Å². The second kappa shape index (κ2) is 8.39. The van der Waals surface area contributed by atoms with Crippen LogP contribution in [0.3, 0.4) is 0 Å². The lowest BCUT2D eigenvalue weighted by molar-refractivity contribution is 0.171. The molecule has 3 aromatic rings. The number of urea groups is 1. The van der Waals surface area contributed by atoms with Crippen molar-refractivity contribution in [2.75, 3.05) is 13.1 Å². The lowest BCUT2D eigenvalue weighted by Gasteiger charge is -2.33. The number of halogens is 1. The molecule has 6 nitrogen and oxygen atoms in total. The first kappa shape index (κ1) is 19.2. The average molecular weight is 386 g/mol. The molecule has 3 heterocycles. The second-order valence-electron chi connectivity index (χ2n) is 6.74. The minimum atomic E-state index is 0. The van der Waals surface area contributed by atoms with Gasteiger partial charge in [-0.05, 0) is 37.5 Å². The Hall–Kier alpha value is -2.60. The smallest absolute Gasteiger partial charge is 0.317 e. The third-order valence-corrected chi connectivity index (χ3v) is 5.03. The van der Waals surface area contributed by atoms with E-state index in [1.54, 1.807) is 0 Å². The van der Waals surface area contributed by atoms with Gasteiger partial charge in [-0.1, -0.05) is 30.3 Å². The van der Waals surface area contributed by atoms with Gasteiger partial charge in [0.25, 0.3) is 0 Å². The summed E-state index contributed by atoms with van der Waals surface area (Å²) in [5.41, 5.74) is 2.99. The van der Waals surface area contributed by atoms with E-state index in [1.807, 2.05) is 60.5 Å². The van der Waals surface area contributed by atoms with E-state index in [1.165, 1.54) is 0 Å². The fraction of sp³-hybridized carbons (Fsp3) is 0.350. The molecule has 2 aromatic heterocycles. The van der Waals surface area contributed by atoms with Gasteiger partial charge in [0.15, 0.2) is 5.65 Å². The Labute approximate surface area is 165 Å². The zero-order chi connectivity index (χ0) is 17.9. The Morgan fingerprint density at radius 1 is 1.15 bits per heavy atom. The van der Waals surface area contributed by atoms with E-state index < -0.39 is 0 Å². The number of nitrogens with zero attached hydrogens (tertiary/aromatic N) is 4. The normalized spacial score (nSPS) is 14.8. The molecule has 0 atom stereocenters.